The maximum Gasteiger partial charge on any atom is 0.303 e. The van der Waals surface area contributed by atoms with Crippen LogP contribution in [0.1, 0.15) is 25.7 Å². The molecule has 5 nitrogen and oxygen atoms in total. The Morgan fingerprint density at radius 2 is 1.90 bits per heavy atom. The molecule has 1 aromatic rings. The quantitative estimate of drug-likeness (QED) is 0.614. The highest BCUT2D eigenvalue weighted by atomic mass is 16.5. The highest BCUT2D eigenvalue weighted by Crippen LogP contribution is 2.15. The number of nitrogens with zero attached hydrogens (tertiary/aromatic N) is 1. The number of ether oxygens (including phenoxy) is 1. The predicted octanol–water partition coefficient (Wildman–Crippen LogP) is 2.68. The molecule has 21 heavy (non-hydrogen) atoms. The first-order chi connectivity index (χ1) is 10.1. The summed E-state index contributed by atoms with van der Waals surface area (Å²) < 4.78 is 5.63. The van der Waals surface area contributed by atoms with Gasteiger partial charge in [0.1, 0.15) is 12.4 Å². The van der Waals surface area contributed by atoms with E-state index in [0.717, 1.165) is 43.8 Å². The van der Waals surface area contributed by atoms with Crippen molar-refractivity contribution in [2.45, 2.75) is 25.7 Å². The second-order valence-electron chi connectivity index (χ2n) is 5.31. The fraction of sp³-hybridized carbons (Fsp3) is 0.562. The van der Waals surface area contributed by atoms with Gasteiger partial charge in [-0.25, -0.2) is 0 Å². The molecule has 2 N–H and O–H groups in total. The topological polar surface area (TPSA) is 61.8 Å². The largest absolute Gasteiger partial charge is 0.492 e. The lowest BCUT2D eigenvalue weighted by Crippen LogP contribution is -2.19. The van der Waals surface area contributed by atoms with E-state index in [4.69, 9.17) is 9.84 Å². The van der Waals surface area contributed by atoms with Gasteiger partial charge in [-0.3, -0.25) is 4.79 Å². The van der Waals surface area contributed by atoms with Crippen LogP contribution in [-0.4, -0.2) is 49.8 Å². The van der Waals surface area contributed by atoms with Crippen LogP contribution >= 0.6 is 0 Å². The Morgan fingerprint density at radius 3 is 2.52 bits per heavy atom. The average Bonchev–Trinajstić information content (AvgIpc) is 2.43. The first-order valence-electron chi connectivity index (χ1n) is 7.41. The van der Waals surface area contributed by atoms with Gasteiger partial charge in [0.15, 0.2) is 0 Å². The number of aliphatic carboxylic acids is 1. The van der Waals surface area contributed by atoms with Gasteiger partial charge < -0.3 is 20.1 Å². The van der Waals surface area contributed by atoms with Gasteiger partial charge in [-0.1, -0.05) is 6.42 Å². The monoisotopic (exact) mass is 294 g/mol. The van der Waals surface area contributed by atoms with Gasteiger partial charge in [0.05, 0.1) is 0 Å². The number of carboxylic acid groups (broad SMARTS) is 1. The van der Waals surface area contributed by atoms with E-state index in [0.29, 0.717) is 6.61 Å². The minimum atomic E-state index is -0.715. The summed E-state index contributed by atoms with van der Waals surface area (Å²) in [4.78, 5) is 12.5. The molecule has 5 heteroatoms. The van der Waals surface area contributed by atoms with E-state index in [1.165, 1.54) is 0 Å². The molecule has 0 aliphatic rings. The molecule has 0 unspecified atom stereocenters. The van der Waals surface area contributed by atoms with Crippen LogP contribution in [0.2, 0.25) is 0 Å². The molecule has 0 aromatic heterocycles. The van der Waals surface area contributed by atoms with Crippen LogP contribution in [0.5, 0.6) is 5.75 Å². The lowest BCUT2D eigenvalue weighted by Gasteiger charge is -2.11. The SMILES string of the molecule is CN(C)CCOc1ccc(NCCCCCC(=O)O)cc1. The lowest BCUT2D eigenvalue weighted by molar-refractivity contribution is -0.137. The normalized spacial score (nSPS) is 10.6. The Labute approximate surface area is 126 Å². The van der Waals surface area contributed by atoms with Crippen molar-refractivity contribution in [1.82, 2.24) is 4.90 Å². The highest BCUT2D eigenvalue weighted by Gasteiger charge is 1.98. The Bertz CT molecular complexity index is 404. The number of carbonyl (C=O) groups is 1. The molecule has 1 aromatic carbocycles. The summed E-state index contributed by atoms with van der Waals surface area (Å²) in [6.07, 6.45) is 2.92. The number of hydrogen-bond donors (Lipinski definition) is 2. The fourth-order valence-corrected chi connectivity index (χ4v) is 1.83. The van der Waals surface area contributed by atoms with Crippen molar-refractivity contribution >= 4 is 11.7 Å². The van der Waals surface area contributed by atoms with Gasteiger partial charge in [0.25, 0.3) is 0 Å². The van der Waals surface area contributed by atoms with Gasteiger partial charge in [-0.2, -0.15) is 0 Å². The Hall–Kier alpha value is -1.75. The van der Waals surface area contributed by atoms with Crippen LogP contribution in [0.25, 0.3) is 0 Å². The zero-order chi connectivity index (χ0) is 15.5. The van der Waals surface area contributed by atoms with Crippen molar-refractivity contribution in [1.29, 1.82) is 0 Å². The van der Waals surface area contributed by atoms with Crippen LogP contribution in [0.4, 0.5) is 5.69 Å². The standard InChI is InChI=1S/C16H26N2O3/c1-18(2)12-13-21-15-9-7-14(8-10-15)17-11-5-3-4-6-16(19)20/h7-10,17H,3-6,11-13H2,1-2H3,(H,19,20). The number of carboxylic acids is 1. The summed E-state index contributed by atoms with van der Waals surface area (Å²) >= 11 is 0. The fourth-order valence-electron chi connectivity index (χ4n) is 1.83. The number of rotatable bonds is 11. The van der Waals surface area contributed by atoms with E-state index in [1.54, 1.807) is 0 Å². The third-order valence-electron chi connectivity index (χ3n) is 3.06. The predicted molar refractivity (Wildman–Crippen MR) is 85.1 cm³/mol. The first-order valence-corrected chi connectivity index (χ1v) is 7.41. The van der Waals surface area contributed by atoms with Gasteiger partial charge in [-0.05, 0) is 51.2 Å². The summed E-state index contributed by atoms with van der Waals surface area (Å²) in [5.74, 6) is 0.164. The average molecular weight is 294 g/mol. The molecule has 0 saturated heterocycles. The van der Waals surface area contributed by atoms with E-state index in [1.807, 2.05) is 38.4 Å². The summed E-state index contributed by atoms with van der Waals surface area (Å²) in [5.41, 5.74) is 1.06. The summed E-state index contributed by atoms with van der Waals surface area (Å²) in [5, 5.41) is 11.9. The van der Waals surface area contributed by atoms with Crippen molar-refractivity contribution in [2.24, 2.45) is 0 Å². The molecule has 0 amide bonds. The molecule has 0 atom stereocenters. The zero-order valence-electron chi connectivity index (χ0n) is 13.0. The van der Waals surface area contributed by atoms with Crippen LogP contribution in [0.15, 0.2) is 24.3 Å². The molecule has 118 valence electrons. The lowest BCUT2D eigenvalue weighted by atomic mass is 10.2. The summed E-state index contributed by atoms with van der Waals surface area (Å²) in [6, 6.07) is 7.93. The maximum absolute atomic E-state index is 10.4. The molecule has 0 saturated carbocycles. The molecule has 0 bridgehead atoms. The smallest absolute Gasteiger partial charge is 0.303 e. The minimum Gasteiger partial charge on any atom is -0.492 e. The van der Waals surface area contributed by atoms with Crippen molar-refractivity contribution in [3.63, 3.8) is 0 Å². The van der Waals surface area contributed by atoms with Crippen molar-refractivity contribution in [3.05, 3.63) is 24.3 Å². The van der Waals surface area contributed by atoms with E-state index in [-0.39, 0.29) is 6.42 Å². The van der Waals surface area contributed by atoms with Crippen LogP contribution in [-0.2, 0) is 4.79 Å². The number of unbranched alkanes of at least 4 members (excludes halogenated alkanes) is 2. The third kappa shape index (κ3) is 8.92. The third-order valence-corrected chi connectivity index (χ3v) is 3.06. The molecule has 0 aliphatic heterocycles. The second-order valence-corrected chi connectivity index (χ2v) is 5.31. The number of likely N-dealkylation sites (N-methyl/N-ethyl adjacent to an activating group) is 1. The molecule has 0 heterocycles. The molecule has 0 fully saturated rings. The Kier molecular flexibility index (Phi) is 8.28. The molecule has 1 rings (SSSR count). The summed E-state index contributed by atoms with van der Waals surface area (Å²) in [7, 11) is 4.04. The molecular weight excluding hydrogens is 268 g/mol. The van der Waals surface area contributed by atoms with E-state index in [2.05, 4.69) is 10.2 Å². The Balaban J connectivity index is 2.14. The van der Waals surface area contributed by atoms with Gasteiger partial charge >= 0.3 is 5.97 Å². The first kappa shape index (κ1) is 17.3. The number of hydrogen-bond acceptors (Lipinski definition) is 4. The molecule has 0 spiro atoms. The Morgan fingerprint density at radius 1 is 1.19 bits per heavy atom. The number of nitrogens with one attached hydrogen (secondary N) is 1. The van der Waals surface area contributed by atoms with Crippen LogP contribution in [0, 0.1) is 0 Å². The minimum absolute atomic E-state index is 0.263. The zero-order valence-corrected chi connectivity index (χ0v) is 13.0. The van der Waals surface area contributed by atoms with Crippen LogP contribution in [0.3, 0.4) is 0 Å². The van der Waals surface area contributed by atoms with Gasteiger partial charge in [0.2, 0.25) is 0 Å². The molecule has 0 aliphatic carbocycles. The van der Waals surface area contributed by atoms with Gasteiger partial charge in [0, 0.05) is 25.2 Å². The van der Waals surface area contributed by atoms with E-state index >= 15 is 0 Å². The second kappa shape index (κ2) is 10.0. The van der Waals surface area contributed by atoms with Crippen LogP contribution < -0.4 is 10.1 Å². The van der Waals surface area contributed by atoms with Gasteiger partial charge in [-0.15, -0.1) is 0 Å². The van der Waals surface area contributed by atoms with E-state index < -0.39 is 5.97 Å². The summed E-state index contributed by atoms with van der Waals surface area (Å²) in [6.45, 7) is 2.44. The molecular formula is C16H26N2O3. The maximum atomic E-state index is 10.4. The van der Waals surface area contributed by atoms with Crippen molar-refractivity contribution in [3.8, 4) is 5.75 Å². The van der Waals surface area contributed by atoms with E-state index in [9.17, 15) is 4.79 Å². The number of anilines is 1. The highest BCUT2D eigenvalue weighted by molar-refractivity contribution is 5.66. The molecule has 0 radical (unpaired) electrons. The van der Waals surface area contributed by atoms with Crippen molar-refractivity contribution < 1.29 is 14.6 Å². The number of benzene rings is 1. The van der Waals surface area contributed by atoms with Crippen molar-refractivity contribution in [2.75, 3.05) is 39.1 Å².